The van der Waals surface area contributed by atoms with Gasteiger partial charge in [0.05, 0.1) is 17.0 Å². The average molecular weight is 455 g/mol. The van der Waals surface area contributed by atoms with Gasteiger partial charge in [0.2, 0.25) is 5.91 Å². The summed E-state index contributed by atoms with van der Waals surface area (Å²) in [5.74, 6) is 0.0365. The van der Waals surface area contributed by atoms with E-state index in [1.807, 2.05) is 12.1 Å². The predicted octanol–water partition coefficient (Wildman–Crippen LogP) is 5.22. The van der Waals surface area contributed by atoms with Gasteiger partial charge in [0, 0.05) is 31.8 Å². The van der Waals surface area contributed by atoms with Crippen LogP contribution in [0.3, 0.4) is 0 Å². The molecule has 0 saturated carbocycles. The van der Waals surface area contributed by atoms with E-state index in [0.29, 0.717) is 42.2 Å². The topological polar surface area (TPSA) is 71.0 Å². The number of fused-ring (bicyclic) bond motifs is 1. The van der Waals surface area contributed by atoms with Crippen molar-refractivity contribution in [3.63, 3.8) is 0 Å². The van der Waals surface area contributed by atoms with E-state index >= 15 is 0 Å². The monoisotopic (exact) mass is 455 g/mol. The number of carbonyl (C=O) groups is 1. The molecule has 3 aromatic rings. The molecule has 4 rings (SSSR count). The van der Waals surface area contributed by atoms with Crippen LogP contribution in [-0.4, -0.2) is 38.8 Å². The lowest BCUT2D eigenvalue weighted by molar-refractivity contribution is -0.128. The summed E-state index contributed by atoms with van der Waals surface area (Å²) < 4.78 is 40.9. The number of nitrogens with zero attached hydrogens (tertiary/aromatic N) is 4. The van der Waals surface area contributed by atoms with Gasteiger partial charge in [0.15, 0.2) is 5.65 Å². The summed E-state index contributed by atoms with van der Waals surface area (Å²) in [5.41, 5.74) is 1.93. The molecule has 1 aromatic carbocycles. The third-order valence-corrected chi connectivity index (χ3v) is 5.80. The number of aryl methyl sites for hydroxylation is 1. The summed E-state index contributed by atoms with van der Waals surface area (Å²) in [4.78, 5) is 26.7. The van der Waals surface area contributed by atoms with E-state index in [4.69, 9.17) is 0 Å². The quantitative estimate of drug-likeness (QED) is 0.571. The fraction of sp³-hybridized carbons (Fsp3) is 0.333. The summed E-state index contributed by atoms with van der Waals surface area (Å²) in [6.07, 6.45) is 1.55. The van der Waals surface area contributed by atoms with Gasteiger partial charge in [-0.05, 0) is 37.5 Å². The molecule has 1 aliphatic heterocycles. The second kappa shape index (κ2) is 9.17. The van der Waals surface area contributed by atoms with E-state index in [0.717, 1.165) is 17.2 Å². The third kappa shape index (κ3) is 4.67. The zero-order valence-corrected chi connectivity index (χ0v) is 18.6. The van der Waals surface area contributed by atoms with Crippen molar-refractivity contribution in [1.29, 1.82) is 0 Å². The van der Waals surface area contributed by atoms with Crippen LogP contribution < -0.4 is 5.32 Å². The maximum atomic E-state index is 14.7. The van der Waals surface area contributed by atoms with Crippen molar-refractivity contribution in [2.45, 2.75) is 39.7 Å². The molecule has 0 bridgehead atoms. The first-order valence-corrected chi connectivity index (χ1v) is 10.7. The van der Waals surface area contributed by atoms with Crippen LogP contribution in [0.4, 0.5) is 19.0 Å². The highest BCUT2D eigenvalue weighted by Gasteiger charge is 2.21. The zero-order chi connectivity index (χ0) is 23.7. The molecule has 0 aliphatic carbocycles. The molecular formula is C24H24F3N5O. The highest BCUT2D eigenvalue weighted by molar-refractivity contribution is 5.89. The Balaban J connectivity index is 1.69. The average Bonchev–Trinajstić information content (AvgIpc) is 2.78. The summed E-state index contributed by atoms with van der Waals surface area (Å²) in [5, 5.41) is 3.80. The number of nitrogens with one attached hydrogen (secondary N) is 1. The SMILES string of the molecule is CC(=O)N1CC=C(c2cnc3nc(C)nc(NC(C)c4cccc(C(F)F)c4F)c3c2)CC1. The number of pyridine rings is 1. The van der Waals surface area contributed by atoms with Gasteiger partial charge < -0.3 is 10.2 Å². The first-order chi connectivity index (χ1) is 15.7. The lowest BCUT2D eigenvalue weighted by Crippen LogP contribution is -2.32. The van der Waals surface area contributed by atoms with E-state index in [-0.39, 0.29) is 11.5 Å². The summed E-state index contributed by atoms with van der Waals surface area (Å²) in [6, 6.07) is 5.27. The van der Waals surface area contributed by atoms with Gasteiger partial charge in [-0.3, -0.25) is 4.79 Å². The molecule has 6 nitrogen and oxygen atoms in total. The Morgan fingerprint density at radius 3 is 2.64 bits per heavy atom. The molecule has 1 atom stereocenters. The van der Waals surface area contributed by atoms with Gasteiger partial charge in [0.1, 0.15) is 17.5 Å². The number of carbonyl (C=O) groups excluding carboxylic acids is 1. The van der Waals surface area contributed by atoms with Crippen LogP contribution in [0.1, 0.15) is 55.3 Å². The van der Waals surface area contributed by atoms with Crippen LogP contribution in [0.15, 0.2) is 36.5 Å². The minimum Gasteiger partial charge on any atom is -0.363 e. The first kappa shape index (κ1) is 22.7. The van der Waals surface area contributed by atoms with Crippen molar-refractivity contribution >= 4 is 28.3 Å². The Morgan fingerprint density at radius 1 is 1.21 bits per heavy atom. The molecule has 1 amide bonds. The number of anilines is 1. The number of alkyl halides is 2. The molecule has 1 aliphatic rings. The van der Waals surface area contributed by atoms with Crippen molar-refractivity contribution in [1.82, 2.24) is 19.9 Å². The Kier molecular flexibility index (Phi) is 6.31. The van der Waals surface area contributed by atoms with Gasteiger partial charge >= 0.3 is 0 Å². The Labute approximate surface area is 189 Å². The molecule has 0 saturated heterocycles. The normalized spacial score (nSPS) is 15.0. The maximum absolute atomic E-state index is 14.7. The van der Waals surface area contributed by atoms with Gasteiger partial charge in [-0.15, -0.1) is 0 Å². The summed E-state index contributed by atoms with van der Waals surface area (Å²) >= 11 is 0. The van der Waals surface area contributed by atoms with E-state index < -0.39 is 23.8 Å². The van der Waals surface area contributed by atoms with Crippen LogP contribution in [0.5, 0.6) is 0 Å². The minimum atomic E-state index is -2.89. The highest BCUT2D eigenvalue weighted by Crippen LogP contribution is 2.31. The standard InChI is InChI=1S/C24H24F3N5O/c1-13(18-5-4-6-19(21(18)25)22(26)27)29-24-20-11-17(12-28-23(20)30-14(2)31-24)16-7-9-32(10-8-16)15(3)33/h4-7,11-13,22H,8-10H2,1-3H3,(H,28,29,30,31). The van der Waals surface area contributed by atoms with Crippen LogP contribution in [-0.2, 0) is 4.79 Å². The van der Waals surface area contributed by atoms with Crippen LogP contribution in [0, 0.1) is 12.7 Å². The number of halogens is 3. The first-order valence-electron chi connectivity index (χ1n) is 10.7. The molecule has 1 unspecified atom stereocenters. The second-order valence-electron chi connectivity index (χ2n) is 8.08. The molecule has 172 valence electrons. The van der Waals surface area contributed by atoms with Crippen molar-refractivity contribution in [3.05, 3.63) is 64.9 Å². The highest BCUT2D eigenvalue weighted by atomic mass is 19.3. The Morgan fingerprint density at radius 2 is 1.97 bits per heavy atom. The van der Waals surface area contributed by atoms with E-state index in [2.05, 4.69) is 20.3 Å². The predicted molar refractivity (Wildman–Crippen MR) is 120 cm³/mol. The van der Waals surface area contributed by atoms with Crippen molar-refractivity contribution in [3.8, 4) is 0 Å². The molecular weight excluding hydrogens is 431 g/mol. The van der Waals surface area contributed by atoms with Crippen molar-refractivity contribution < 1.29 is 18.0 Å². The van der Waals surface area contributed by atoms with E-state index in [1.54, 1.807) is 31.9 Å². The fourth-order valence-corrected chi connectivity index (χ4v) is 3.98. The van der Waals surface area contributed by atoms with E-state index in [9.17, 15) is 18.0 Å². The number of hydrogen-bond acceptors (Lipinski definition) is 5. The zero-order valence-electron chi connectivity index (χ0n) is 18.6. The number of benzene rings is 1. The van der Waals surface area contributed by atoms with Gasteiger partial charge in [0.25, 0.3) is 6.43 Å². The van der Waals surface area contributed by atoms with E-state index in [1.165, 1.54) is 12.1 Å². The number of hydrogen-bond donors (Lipinski definition) is 1. The number of rotatable bonds is 5. The Hall–Kier alpha value is -3.49. The molecule has 33 heavy (non-hydrogen) atoms. The molecule has 1 N–H and O–H groups in total. The van der Waals surface area contributed by atoms with Gasteiger partial charge in [-0.2, -0.15) is 0 Å². The van der Waals surface area contributed by atoms with Crippen LogP contribution in [0.2, 0.25) is 0 Å². The van der Waals surface area contributed by atoms with Crippen LogP contribution in [0.25, 0.3) is 16.6 Å². The Bertz CT molecular complexity index is 1240. The fourth-order valence-electron chi connectivity index (χ4n) is 3.98. The molecule has 2 aromatic heterocycles. The van der Waals surface area contributed by atoms with Crippen molar-refractivity contribution in [2.75, 3.05) is 18.4 Å². The van der Waals surface area contributed by atoms with Crippen LogP contribution >= 0.6 is 0 Å². The molecule has 0 fully saturated rings. The molecule has 0 spiro atoms. The third-order valence-electron chi connectivity index (χ3n) is 5.80. The second-order valence-corrected chi connectivity index (χ2v) is 8.08. The lowest BCUT2D eigenvalue weighted by atomic mass is 10.00. The molecule has 3 heterocycles. The van der Waals surface area contributed by atoms with Crippen molar-refractivity contribution in [2.24, 2.45) is 0 Å². The number of aromatic nitrogens is 3. The molecule has 9 heteroatoms. The largest absolute Gasteiger partial charge is 0.363 e. The summed E-state index contributed by atoms with van der Waals surface area (Å²) in [7, 11) is 0. The van der Waals surface area contributed by atoms with Gasteiger partial charge in [-0.1, -0.05) is 24.3 Å². The maximum Gasteiger partial charge on any atom is 0.266 e. The van der Waals surface area contributed by atoms with Gasteiger partial charge in [-0.25, -0.2) is 28.1 Å². The smallest absolute Gasteiger partial charge is 0.266 e. The molecule has 0 radical (unpaired) electrons. The minimum absolute atomic E-state index is 0.0365. The summed E-state index contributed by atoms with van der Waals surface area (Å²) in [6.45, 7) is 6.13. The lowest BCUT2D eigenvalue weighted by Gasteiger charge is -2.25. The number of amides is 1.